The van der Waals surface area contributed by atoms with E-state index in [4.69, 9.17) is 0 Å². The molecule has 2 atom stereocenters. The lowest BCUT2D eigenvalue weighted by molar-refractivity contribution is 0.0302. The number of rotatable bonds is 4. The fourth-order valence-corrected chi connectivity index (χ4v) is 4.08. The Bertz CT molecular complexity index is 266. The molecule has 1 aliphatic heterocycles. The lowest BCUT2D eigenvalue weighted by Gasteiger charge is -2.50. The van der Waals surface area contributed by atoms with Gasteiger partial charge >= 0.3 is 0 Å². The largest absolute Gasteiger partial charge is 0.312 e. The lowest BCUT2D eigenvalue weighted by Crippen LogP contribution is -2.60. The van der Waals surface area contributed by atoms with Crippen LogP contribution in [0.25, 0.3) is 0 Å². The molecule has 1 heterocycles. The van der Waals surface area contributed by atoms with E-state index >= 15 is 0 Å². The van der Waals surface area contributed by atoms with Crippen LogP contribution in [0.15, 0.2) is 0 Å². The molecule has 0 radical (unpaired) electrons. The Morgan fingerprint density at radius 2 is 1.84 bits per heavy atom. The maximum Gasteiger partial charge on any atom is 0.0274 e. The average Bonchev–Trinajstić information content (AvgIpc) is 2.37. The summed E-state index contributed by atoms with van der Waals surface area (Å²) >= 11 is 0. The molecule has 0 aromatic heterocycles. The molecule has 2 aliphatic rings. The van der Waals surface area contributed by atoms with E-state index in [1.165, 1.54) is 58.2 Å². The van der Waals surface area contributed by atoms with Crippen LogP contribution in [0.3, 0.4) is 0 Å². The molecule has 2 rings (SSSR count). The van der Waals surface area contributed by atoms with Crippen molar-refractivity contribution in [2.75, 3.05) is 19.6 Å². The molecular weight excluding hydrogens is 232 g/mol. The van der Waals surface area contributed by atoms with Crippen molar-refractivity contribution in [3.8, 4) is 0 Å². The van der Waals surface area contributed by atoms with Crippen LogP contribution >= 0.6 is 0 Å². The van der Waals surface area contributed by atoms with Crippen LogP contribution in [-0.2, 0) is 0 Å². The van der Waals surface area contributed by atoms with Crippen molar-refractivity contribution in [2.24, 2.45) is 11.3 Å². The summed E-state index contributed by atoms with van der Waals surface area (Å²) in [5.41, 5.74) is 0.459. The second-order valence-corrected chi connectivity index (χ2v) is 7.60. The minimum Gasteiger partial charge on any atom is -0.312 e. The van der Waals surface area contributed by atoms with Gasteiger partial charge < -0.3 is 5.32 Å². The Kier molecular flexibility index (Phi) is 5.30. The summed E-state index contributed by atoms with van der Waals surface area (Å²) in [4.78, 5) is 2.80. The maximum atomic E-state index is 3.88. The smallest absolute Gasteiger partial charge is 0.0274 e. The standard InChI is InChI=1S/C17H34N2/c1-5-11-18-16-15(7-6-10-17(16,3)4)19-12-8-14(2)9-13-19/h14-16,18H,5-13H2,1-4H3. The number of piperidine rings is 1. The minimum atomic E-state index is 0.459. The lowest BCUT2D eigenvalue weighted by atomic mass is 9.70. The van der Waals surface area contributed by atoms with E-state index < -0.39 is 0 Å². The quantitative estimate of drug-likeness (QED) is 0.835. The van der Waals surface area contributed by atoms with Gasteiger partial charge in [-0.05, 0) is 63.1 Å². The van der Waals surface area contributed by atoms with Crippen molar-refractivity contribution in [1.82, 2.24) is 10.2 Å². The van der Waals surface area contributed by atoms with Gasteiger partial charge in [-0.1, -0.05) is 34.1 Å². The van der Waals surface area contributed by atoms with E-state index in [0.717, 1.165) is 12.0 Å². The van der Waals surface area contributed by atoms with Gasteiger partial charge in [-0.25, -0.2) is 0 Å². The Labute approximate surface area is 120 Å². The van der Waals surface area contributed by atoms with Gasteiger partial charge in [0, 0.05) is 12.1 Å². The third-order valence-corrected chi connectivity index (χ3v) is 5.45. The first-order chi connectivity index (χ1) is 9.04. The van der Waals surface area contributed by atoms with Crippen LogP contribution in [0.4, 0.5) is 0 Å². The summed E-state index contributed by atoms with van der Waals surface area (Å²) in [6.45, 7) is 13.5. The van der Waals surface area contributed by atoms with Crippen LogP contribution in [0.2, 0.25) is 0 Å². The molecule has 0 aromatic rings. The molecule has 2 unspecified atom stereocenters. The molecule has 2 fully saturated rings. The van der Waals surface area contributed by atoms with Gasteiger partial charge in [0.15, 0.2) is 0 Å². The molecule has 0 spiro atoms. The molecule has 1 aliphatic carbocycles. The van der Waals surface area contributed by atoms with Crippen molar-refractivity contribution < 1.29 is 0 Å². The molecule has 2 heteroatoms. The normalized spacial score (nSPS) is 33.5. The molecule has 0 amide bonds. The first kappa shape index (κ1) is 15.3. The van der Waals surface area contributed by atoms with Crippen LogP contribution in [0, 0.1) is 11.3 Å². The zero-order chi connectivity index (χ0) is 13.9. The van der Waals surface area contributed by atoms with Crippen LogP contribution in [0.1, 0.15) is 66.2 Å². The van der Waals surface area contributed by atoms with Crippen LogP contribution in [0.5, 0.6) is 0 Å². The van der Waals surface area contributed by atoms with Crippen LogP contribution in [-0.4, -0.2) is 36.6 Å². The Balaban J connectivity index is 2.02. The Morgan fingerprint density at radius 1 is 1.16 bits per heavy atom. The molecule has 19 heavy (non-hydrogen) atoms. The van der Waals surface area contributed by atoms with E-state index in [1.54, 1.807) is 0 Å². The van der Waals surface area contributed by atoms with Crippen molar-refractivity contribution >= 4 is 0 Å². The summed E-state index contributed by atoms with van der Waals surface area (Å²) in [6, 6.07) is 1.47. The second kappa shape index (κ2) is 6.58. The highest BCUT2D eigenvalue weighted by Gasteiger charge is 2.41. The molecular formula is C17H34N2. The summed E-state index contributed by atoms with van der Waals surface area (Å²) in [7, 11) is 0. The zero-order valence-corrected chi connectivity index (χ0v) is 13.5. The van der Waals surface area contributed by atoms with Gasteiger partial charge in [0.2, 0.25) is 0 Å². The highest BCUT2D eigenvalue weighted by Crippen LogP contribution is 2.38. The van der Waals surface area contributed by atoms with Crippen LogP contribution < -0.4 is 5.32 Å². The van der Waals surface area contributed by atoms with Crippen molar-refractivity contribution in [2.45, 2.75) is 78.3 Å². The first-order valence-corrected chi connectivity index (χ1v) is 8.52. The van der Waals surface area contributed by atoms with E-state index in [0.29, 0.717) is 11.5 Å². The monoisotopic (exact) mass is 266 g/mol. The van der Waals surface area contributed by atoms with Gasteiger partial charge in [-0.3, -0.25) is 4.90 Å². The fraction of sp³-hybridized carbons (Fsp3) is 1.00. The highest BCUT2D eigenvalue weighted by atomic mass is 15.2. The van der Waals surface area contributed by atoms with Crippen molar-refractivity contribution in [3.63, 3.8) is 0 Å². The van der Waals surface area contributed by atoms with Gasteiger partial charge in [0.1, 0.15) is 0 Å². The molecule has 2 nitrogen and oxygen atoms in total. The summed E-state index contributed by atoms with van der Waals surface area (Å²) < 4.78 is 0. The number of nitrogens with zero attached hydrogens (tertiary/aromatic N) is 1. The summed E-state index contributed by atoms with van der Waals surface area (Å²) in [6.07, 6.45) is 8.24. The number of hydrogen-bond donors (Lipinski definition) is 1. The Hall–Kier alpha value is -0.0800. The van der Waals surface area contributed by atoms with E-state index in [-0.39, 0.29) is 0 Å². The number of hydrogen-bond acceptors (Lipinski definition) is 2. The molecule has 0 bridgehead atoms. The highest BCUT2D eigenvalue weighted by molar-refractivity contribution is 4.98. The van der Waals surface area contributed by atoms with E-state index in [9.17, 15) is 0 Å². The fourth-order valence-electron chi connectivity index (χ4n) is 4.08. The van der Waals surface area contributed by atoms with Crippen molar-refractivity contribution in [3.05, 3.63) is 0 Å². The molecule has 0 aromatic carbocycles. The zero-order valence-electron chi connectivity index (χ0n) is 13.5. The van der Waals surface area contributed by atoms with Gasteiger partial charge in [0.25, 0.3) is 0 Å². The SMILES string of the molecule is CCCNC1C(N2CCC(C)CC2)CCCC1(C)C. The summed E-state index contributed by atoms with van der Waals surface area (Å²) in [5, 5.41) is 3.88. The second-order valence-electron chi connectivity index (χ2n) is 7.60. The molecule has 1 saturated heterocycles. The average molecular weight is 266 g/mol. The third kappa shape index (κ3) is 3.72. The first-order valence-electron chi connectivity index (χ1n) is 8.52. The van der Waals surface area contributed by atoms with E-state index in [2.05, 4.69) is 37.9 Å². The predicted molar refractivity (Wildman–Crippen MR) is 83.5 cm³/mol. The summed E-state index contributed by atoms with van der Waals surface area (Å²) in [5.74, 6) is 0.940. The third-order valence-electron chi connectivity index (χ3n) is 5.45. The maximum absolute atomic E-state index is 3.88. The minimum absolute atomic E-state index is 0.459. The predicted octanol–water partition coefficient (Wildman–Crippen LogP) is 3.67. The Morgan fingerprint density at radius 3 is 2.47 bits per heavy atom. The topological polar surface area (TPSA) is 15.3 Å². The van der Waals surface area contributed by atoms with E-state index in [1.807, 2.05) is 0 Å². The van der Waals surface area contributed by atoms with Crippen molar-refractivity contribution in [1.29, 1.82) is 0 Å². The van der Waals surface area contributed by atoms with Gasteiger partial charge in [-0.2, -0.15) is 0 Å². The molecule has 112 valence electrons. The van der Waals surface area contributed by atoms with Gasteiger partial charge in [0.05, 0.1) is 0 Å². The molecule has 1 N–H and O–H groups in total. The number of nitrogens with one attached hydrogen (secondary N) is 1. The number of likely N-dealkylation sites (tertiary alicyclic amines) is 1. The van der Waals surface area contributed by atoms with Gasteiger partial charge in [-0.15, -0.1) is 0 Å². The molecule has 1 saturated carbocycles.